The maximum atomic E-state index is 12.7. The largest absolute Gasteiger partial charge is 0.481 e. The van der Waals surface area contributed by atoms with Gasteiger partial charge in [0.15, 0.2) is 0 Å². The molecule has 0 atom stereocenters. The van der Waals surface area contributed by atoms with Gasteiger partial charge in [0.25, 0.3) is 11.6 Å². The van der Waals surface area contributed by atoms with Crippen LogP contribution in [0.1, 0.15) is 55.3 Å². The van der Waals surface area contributed by atoms with Crippen molar-refractivity contribution in [3.8, 4) is 0 Å². The first-order valence-electron chi connectivity index (χ1n) is 8.98. The third-order valence-corrected chi connectivity index (χ3v) is 5.31. The number of carboxylic acid groups (broad SMARTS) is 1. The quantitative estimate of drug-likeness (QED) is 0.595. The SMILES string of the molecule is O=C(O)CC1(NC(=O)c2ccc(N3CCCC3)c([N+](=O)[O-])c2)CCCC1. The van der Waals surface area contributed by atoms with Crippen molar-refractivity contribution in [1.82, 2.24) is 5.32 Å². The first-order chi connectivity index (χ1) is 12.4. The Morgan fingerprint density at radius 1 is 1.19 bits per heavy atom. The lowest BCUT2D eigenvalue weighted by molar-refractivity contribution is -0.384. The Labute approximate surface area is 151 Å². The van der Waals surface area contributed by atoms with Crippen LogP contribution in [-0.2, 0) is 4.79 Å². The van der Waals surface area contributed by atoms with E-state index >= 15 is 0 Å². The van der Waals surface area contributed by atoms with E-state index in [0.29, 0.717) is 18.5 Å². The molecule has 2 aliphatic rings. The van der Waals surface area contributed by atoms with Crippen LogP contribution in [0.2, 0.25) is 0 Å². The van der Waals surface area contributed by atoms with E-state index in [1.807, 2.05) is 4.90 Å². The average Bonchev–Trinajstić information content (AvgIpc) is 3.25. The van der Waals surface area contributed by atoms with Crippen molar-refractivity contribution in [3.63, 3.8) is 0 Å². The molecule has 1 saturated carbocycles. The molecule has 8 nitrogen and oxygen atoms in total. The molecular formula is C18H23N3O5. The summed E-state index contributed by atoms with van der Waals surface area (Å²) in [5.41, 5.74) is -0.120. The summed E-state index contributed by atoms with van der Waals surface area (Å²) in [6.45, 7) is 1.54. The van der Waals surface area contributed by atoms with Crippen molar-refractivity contribution < 1.29 is 19.6 Å². The van der Waals surface area contributed by atoms with Crippen LogP contribution in [-0.4, -0.2) is 40.5 Å². The zero-order valence-corrected chi connectivity index (χ0v) is 14.6. The Hall–Kier alpha value is -2.64. The second kappa shape index (κ2) is 7.31. The van der Waals surface area contributed by atoms with Crippen molar-refractivity contribution in [2.45, 2.75) is 50.5 Å². The average molecular weight is 361 g/mol. The number of carbonyl (C=O) groups excluding carboxylic acids is 1. The van der Waals surface area contributed by atoms with Crippen LogP contribution in [0.3, 0.4) is 0 Å². The molecule has 1 aromatic rings. The maximum Gasteiger partial charge on any atom is 0.305 e. The topological polar surface area (TPSA) is 113 Å². The molecule has 140 valence electrons. The van der Waals surface area contributed by atoms with Crippen LogP contribution in [0.4, 0.5) is 11.4 Å². The van der Waals surface area contributed by atoms with Crippen molar-refractivity contribution in [2.24, 2.45) is 0 Å². The minimum absolute atomic E-state index is 0.0849. The number of hydrogen-bond acceptors (Lipinski definition) is 5. The fourth-order valence-electron chi connectivity index (χ4n) is 4.04. The van der Waals surface area contributed by atoms with Gasteiger partial charge >= 0.3 is 5.97 Å². The minimum Gasteiger partial charge on any atom is -0.481 e. The smallest absolute Gasteiger partial charge is 0.305 e. The second-order valence-electron chi connectivity index (χ2n) is 7.17. The van der Waals surface area contributed by atoms with E-state index in [9.17, 15) is 19.7 Å². The predicted molar refractivity (Wildman–Crippen MR) is 95.5 cm³/mol. The molecule has 1 aromatic carbocycles. The molecule has 2 N–H and O–H groups in total. The first kappa shape index (κ1) is 18.2. The summed E-state index contributed by atoms with van der Waals surface area (Å²) >= 11 is 0. The summed E-state index contributed by atoms with van der Waals surface area (Å²) in [5.74, 6) is -1.41. The number of carboxylic acids is 1. The summed E-state index contributed by atoms with van der Waals surface area (Å²) in [5, 5.41) is 23.5. The van der Waals surface area contributed by atoms with Gasteiger partial charge in [-0.2, -0.15) is 0 Å². The summed E-state index contributed by atoms with van der Waals surface area (Å²) in [6, 6.07) is 4.50. The summed E-state index contributed by atoms with van der Waals surface area (Å²) < 4.78 is 0. The molecule has 0 unspecified atom stereocenters. The van der Waals surface area contributed by atoms with Crippen LogP contribution in [0, 0.1) is 10.1 Å². The number of nitrogens with zero attached hydrogens (tertiary/aromatic N) is 2. The molecule has 26 heavy (non-hydrogen) atoms. The third-order valence-electron chi connectivity index (χ3n) is 5.31. The number of nitrogens with one attached hydrogen (secondary N) is 1. The predicted octanol–water partition coefficient (Wildman–Crippen LogP) is 2.71. The molecule has 1 saturated heterocycles. The highest BCUT2D eigenvalue weighted by Crippen LogP contribution is 2.34. The zero-order chi connectivity index (χ0) is 18.7. The van der Waals surface area contributed by atoms with Gasteiger partial charge in [0.2, 0.25) is 0 Å². The molecule has 3 rings (SSSR count). The van der Waals surface area contributed by atoms with Gasteiger partial charge in [-0.05, 0) is 37.8 Å². The summed E-state index contributed by atoms with van der Waals surface area (Å²) in [7, 11) is 0. The van der Waals surface area contributed by atoms with Crippen LogP contribution in [0.25, 0.3) is 0 Å². The van der Waals surface area contributed by atoms with Gasteiger partial charge in [0.1, 0.15) is 5.69 Å². The number of benzene rings is 1. The van der Waals surface area contributed by atoms with Crippen molar-refractivity contribution in [3.05, 3.63) is 33.9 Å². The molecule has 0 radical (unpaired) electrons. The van der Waals surface area contributed by atoms with Gasteiger partial charge in [-0.1, -0.05) is 12.8 Å². The Morgan fingerprint density at radius 2 is 1.85 bits per heavy atom. The third kappa shape index (κ3) is 3.79. The van der Waals surface area contributed by atoms with E-state index in [0.717, 1.165) is 38.8 Å². The number of hydrogen-bond donors (Lipinski definition) is 2. The maximum absolute atomic E-state index is 12.7. The number of amides is 1. The van der Waals surface area contributed by atoms with Crippen LogP contribution >= 0.6 is 0 Å². The zero-order valence-electron chi connectivity index (χ0n) is 14.6. The van der Waals surface area contributed by atoms with Crippen LogP contribution in [0.5, 0.6) is 0 Å². The Bertz CT molecular complexity index is 722. The van der Waals surface area contributed by atoms with Gasteiger partial charge < -0.3 is 15.3 Å². The number of anilines is 1. The normalized spacial score (nSPS) is 18.7. The molecular weight excluding hydrogens is 338 g/mol. The standard InChI is InChI=1S/C18H23N3O5/c22-16(23)12-18(7-1-2-8-18)19-17(24)13-5-6-14(15(11-13)21(25)26)20-9-3-4-10-20/h5-6,11H,1-4,7-10,12H2,(H,19,24)(H,22,23). The molecule has 0 aromatic heterocycles. The molecule has 8 heteroatoms. The monoisotopic (exact) mass is 361 g/mol. The molecule has 0 bridgehead atoms. The Kier molecular flexibility index (Phi) is 5.11. The minimum atomic E-state index is -0.956. The Morgan fingerprint density at radius 3 is 2.42 bits per heavy atom. The van der Waals surface area contributed by atoms with Gasteiger partial charge in [0, 0.05) is 24.7 Å². The summed E-state index contributed by atoms with van der Waals surface area (Å²) in [4.78, 5) is 36.8. The molecule has 1 aliphatic carbocycles. The number of nitro benzene ring substituents is 1. The number of aliphatic carboxylic acids is 1. The highest BCUT2D eigenvalue weighted by Gasteiger charge is 2.38. The van der Waals surface area contributed by atoms with E-state index in [1.165, 1.54) is 6.07 Å². The first-order valence-corrected chi connectivity index (χ1v) is 8.98. The highest BCUT2D eigenvalue weighted by atomic mass is 16.6. The molecule has 1 heterocycles. The van der Waals surface area contributed by atoms with E-state index in [1.54, 1.807) is 12.1 Å². The lowest BCUT2D eigenvalue weighted by atomic mass is 9.92. The van der Waals surface area contributed by atoms with Gasteiger partial charge in [-0.25, -0.2) is 0 Å². The van der Waals surface area contributed by atoms with E-state index in [2.05, 4.69) is 5.32 Å². The fraction of sp³-hybridized carbons (Fsp3) is 0.556. The number of carbonyl (C=O) groups is 2. The fourth-order valence-corrected chi connectivity index (χ4v) is 4.04. The summed E-state index contributed by atoms with van der Waals surface area (Å²) in [6.07, 6.45) is 4.81. The molecule has 0 spiro atoms. The van der Waals surface area contributed by atoms with Crippen LogP contribution in [0.15, 0.2) is 18.2 Å². The van der Waals surface area contributed by atoms with Gasteiger partial charge in [-0.3, -0.25) is 19.7 Å². The van der Waals surface area contributed by atoms with Gasteiger partial charge in [-0.15, -0.1) is 0 Å². The van der Waals surface area contributed by atoms with E-state index in [4.69, 9.17) is 5.11 Å². The van der Waals surface area contributed by atoms with Crippen molar-refractivity contribution in [1.29, 1.82) is 0 Å². The van der Waals surface area contributed by atoms with Crippen molar-refractivity contribution >= 4 is 23.3 Å². The highest BCUT2D eigenvalue weighted by molar-refractivity contribution is 5.96. The molecule has 1 amide bonds. The lowest BCUT2D eigenvalue weighted by Gasteiger charge is -2.28. The molecule has 2 fully saturated rings. The number of rotatable bonds is 6. The van der Waals surface area contributed by atoms with E-state index < -0.39 is 22.3 Å². The van der Waals surface area contributed by atoms with E-state index in [-0.39, 0.29) is 17.7 Å². The van der Waals surface area contributed by atoms with Gasteiger partial charge in [0.05, 0.1) is 16.9 Å². The van der Waals surface area contributed by atoms with Crippen LogP contribution < -0.4 is 10.2 Å². The lowest BCUT2D eigenvalue weighted by Crippen LogP contribution is -2.47. The molecule has 1 aliphatic heterocycles. The van der Waals surface area contributed by atoms with Crippen molar-refractivity contribution in [2.75, 3.05) is 18.0 Å². The second-order valence-corrected chi connectivity index (χ2v) is 7.17. The Balaban J connectivity index is 1.83. The number of nitro groups is 1.